The van der Waals surface area contributed by atoms with E-state index in [4.69, 9.17) is 9.47 Å². The maximum atomic E-state index is 14.2. The van der Waals surface area contributed by atoms with Crippen LogP contribution in [-0.2, 0) is 19.1 Å². The molecule has 1 N–H and O–H groups in total. The van der Waals surface area contributed by atoms with Gasteiger partial charge in [-0.25, -0.2) is 9.18 Å². The van der Waals surface area contributed by atoms with E-state index in [1.54, 1.807) is 19.1 Å². The van der Waals surface area contributed by atoms with Gasteiger partial charge in [0.1, 0.15) is 12.4 Å². The molecular weight excluding hydrogens is 421 g/mol. The molecule has 0 radical (unpaired) electrons. The number of carbonyl (C=O) groups excluding carboxylic acids is 2. The van der Waals surface area contributed by atoms with Crippen LogP contribution in [0, 0.1) is 5.82 Å². The quantitative estimate of drug-likeness (QED) is 0.487. The van der Waals surface area contributed by atoms with Gasteiger partial charge in [0, 0.05) is 35.9 Å². The van der Waals surface area contributed by atoms with E-state index in [0.717, 1.165) is 11.3 Å². The highest BCUT2D eigenvalue weighted by Gasteiger charge is 2.41. The lowest BCUT2D eigenvalue weighted by molar-refractivity contribution is -0.140. The van der Waals surface area contributed by atoms with Crippen molar-refractivity contribution in [3.63, 3.8) is 0 Å². The van der Waals surface area contributed by atoms with Crippen molar-refractivity contribution in [3.05, 3.63) is 94.1 Å². The lowest BCUT2D eigenvalue weighted by Crippen LogP contribution is -2.36. The van der Waals surface area contributed by atoms with Gasteiger partial charge in [-0.15, -0.1) is 0 Å². The summed E-state index contributed by atoms with van der Waals surface area (Å²) in [6.45, 7) is 4.59. The summed E-state index contributed by atoms with van der Waals surface area (Å²) >= 11 is 0. The van der Waals surface area contributed by atoms with Gasteiger partial charge in [0.15, 0.2) is 5.78 Å². The van der Waals surface area contributed by atoms with Gasteiger partial charge < -0.3 is 14.8 Å². The molecule has 2 aromatic rings. The third-order valence-electron chi connectivity index (χ3n) is 6.17. The second-order valence-electron chi connectivity index (χ2n) is 8.32. The van der Waals surface area contributed by atoms with Crippen LogP contribution in [0.25, 0.3) is 0 Å². The van der Waals surface area contributed by atoms with Gasteiger partial charge in [0.2, 0.25) is 0 Å². The van der Waals surface area contributed by atoms with E-state index >= 15 is 0 Å². The van der Waals surface area contributed by atoms with Crippen molar-refractivity contribution in [2.45, 2.75) is 38.5 Å². The van der Waals surface area contributed by atoms with Gasteiger partial charge in [-0.2, -0.15) is 0 Å². The number of ether oxygens (including phenoxy) is 2. The molecule has 0 fully saturated rings. The van der Waals surface area contributed by atoms with Crippen molar-refractivity contribution in [3.8, 4) is 0 Å². The fraction of sp³-hybridized carbons (Fsp3) is 0.333. The van der Waals surface area contributed by atoms with Crippen LogP contribution >= 0.6 is 0 Å². The zero-order valence-corrected chi connectivity index (χ0v) is 18.9. The minimum absolute atomic E-state index is 0.0426. The van der Waals surface area contributed by atoms with Crippen LogP contribution in [0.1, 0.15) is 49.7 Å². The Hall–Kier alpha value is -3.25. The lowest BCUT2D eigenvalue weighted by Gasteiger charge is -2.36. The molecule has 5 nitrogen and oxygen atoms in total. The summed E-state index contributed by atoms with van der Waals surface area (Å²) in [5, 5.41) is 3.31. The first-order valence-electron chi connectivity index (χ1n) is 11.3. The fourth-order valence-corrected chi connectivity index (χ4v) is 4.71. The molecule has 0 unspecified atom stereocenters. The summed E-state index contributed by atoms with van der Waals surface area (Å²) in [5.41, 5.74) is 3.93. The Morgan fingerprint density at radius 2 is 1.82 bits per heavy atom. The fourth-order valence-electron chi connectivity index (χ4n) is 4.71. The van der Waals surface area contributed by atoms with Gasteiger partial charge in [-0.05, 0) is 49.4 Å². The molecule has 1 aliphatic carbocycles. The van der Waals surface area contributed by atoms with Crippen LogP contribution in [0.15, 0.2) is 77.1 Å². The number of benzene rings is 2. The van der Waals surface area contributed by atoms with Gasteiger partial charge in [0.25, 0.3) is 0 Å². The average molecular weight is 450 g/mol. The summed E-state index contributed by atoms with van der Waals surface area (Å²) < 4.78 is 24.9. The summed E-state index contributed by atoms with van der Waals surface area (Å²) in [5.74, 6) is -1.62. The van der Waals surface area contributed by atoms with Gasteiger partial charge in [0.05, 0.1) is 12.2 Å². The van der Waals surface area contributed by atoms with E-state index < -0.39 is 17.7 Å². The topological polar surface area (TPSA) is 64.6 Å². The molecule has 2 aliphatic rings. The maximum absolute atomic E-state index is 14.2. The molecule has 6 heteroatoms. The summed E-state index contributed by atoms with van der Waals surface area (Å²) in [7, 11) is 0. The molecular formula is C27H28FNO4. The predicted molar refractivity (Wildman–Crippen MR) is 123 cm³/mol. The first-order valence-corrected chi connectivity index (χ1v) is 11.3. The van der Waals surface area contributed by atoms with E-state index in [9.17, 15) is 14.0 Å². The third kappa shape index (κ3) is 4.91. The van der Waals surface area contributed by atoms with E-state index in [2.05, 4.69) is 5.32 Å². The Bertz CT molecular complexity index is 1110. The number of rotatable bonds is 7. The van der Waals surface area contributed by atoms with E-state index in [1.807, 2.05) is 37.3 Å². The van der Waals surface area contributed by atoms with Crippen molar-refractivity contribution in [1.29, 1.82) is 0 Å². The molecule has 1 aliphatic heterocycles. The smallest absolute Gasteiger partial charge is 0.336 e. The number of nitrogens with one attached hydrogen (secondary N) is 1. The van der Waals surface area contributed by atoms with Crippen LogP contribution in [0.2, 0.25) is 0 Å². The van der Waals surface area contributed by atoms with E-state index in [1.165, 1.54) is 12.1 Å². The van der Waals surface area contributed by atoms with Crippen LogP contribution in [-0.4, -0.2) is 31.6 Å². The molecule has 0 saturated carbocycles. The Balaban J connectivity index is 1.72. The zero-order chi connectivity index (χ0) is 23.4. The number of Topliss-reactive ketones (excluding diaryl/α,β-unsaturated/α-hetero) is 1. The molecule has 0 saturated heterocycles. The molecule has 2 atom stereocenters. The minimum Gasteiger partial charge on any atom is -0.460 e. The van der Waals surface area contributed by atoms with Gasteiger partial charge >= 0.3 is 5.97 Å². The SMILES string of the molecule is CCOCCOC(=O)C1=C(C)NC2=C(C(=O)C[C@@H](c3ccccc3)C2)[C@@H]1c1cccc(F)c1. The first kappa shape index (κ1) is 22.9. The van der Waals surface area contributed by atoms with E-state index in [-0.39, 0.29) is 24.9 Å². The Morgan fingerprint density at radius 1 is 1.06 bits per heavy atom. The second kappa shape index (κ2) is 10.1. The monoisotopic (exact) mass is 449 g/mol. The van der Waals surface area contributed by atoms with Crippen molar-refractivity contribution < 1.29 is 23.5 Å². The normalized spacial score (nSPS) is 20.4. The molecule has 2 aromatic carbocycles. The van der Waals surface area contributed by atoms with Crippen LogP contribution < -0.4 is 5.32 Å². The largest absolute Gasteiger partial charge is 0.460 e. The Morgan fingerprint density at radius 3 is 2.55 bits per heavy atom. The summed E-state index contributed by atoms with van der Waals surface area (Å²) in [4.78, 5) is 26.6. The second-order valence-corrected chi connectivity index (χ2v) is 8.32. The molecule has 172 valence electrons. The number of ketones is 1. The van der Waals surface area contributed by atoms with Crippen LogP contribution in [0.5, 0.6) is 0 Å². The third-order valence-corrected chi connectivity index (χ3v) is 6.17. The number of carbonyl (C=O) groups is 2. The Kier molecular flexibility index (Phi) is 7.04. The van der Waals surface area contributed by atoms with Crippen molar-refractivity contribution in [2.75, 3.05) is 19.8 Å². The number of esters is 1. The average Bonchev–Trinajstić information content (AvgIpc) is 2.81. The molecule has 33 heavy (non-hydrogen) atoms. The van der Waals surface area contributed by atoms with Crippen molar-refractivity contribution in [2.24, 2.45) is 0 Å². The summed E-state index contributed by atoms with van der Waals surface area (Å²) in [6, 6.07) is 16.0. The molecule has 0 amide bonds. The zero-order valence-electron chi connectivity index (χ0n) is 18.9. The highest BCUT2D eigenvalue weighted by atomic mass is 19.1. The Labute approximate surface area is 193 Å². The maximum Gasteiger partial charge on any atom is 0.336 e. The van der Waals surface area contributed by atoms with Crippen LogP contribution in [0.3, 0.4) is 0 Å². The highest BCUT2D eigenvalue weighted by Crippen LogP contribution is 2.45. The first-order chi connectivity index (χ1) is 16.0. The summed E-state index contributed by atoms with van der Waals surface area (Å²) in [6.07, 6.45) is 0.975. The number of hydrogen-bond acceptors (Lipinski definition) is 5. The molecule has 4 rings (SSSR count). The van der Waals surface area contributed by atoms with Gasteiger partial charge in [-0.3, -0.25) is 4.79 Å². The van der Waals surface area contributed by atoms with E-state index in [0.29, 0.717) is 41.9 Å². The molecule has 0 aromatic heterocycles. The predicted octanol–water partition coefficient (Wildman–Crippen LogP) is 4.77. The number of dihydropyridines is 1. The minimum atomic E-state index is -0.680. The lowest BCUT2D eigenvalue weighted by atomic mass is 9.71. The standard InChI is InChI=1S/C27H28FNO4/c1-3-32-12-13-33-27(31)24-17(2)29-22-15-20(18-8-5-4-6-9-18)16-23(30)26(22)25(24)19-10-7-11-21(28)14-19/h4-11,14,20,25,29H,3,12-13,15-16H2,1-2H3/t20-,25+/m0/s1. The molecule has 1 heterocycles. The number of hydrogen-bond donors (Lipinski definition) is 1. The van der Waals surface area contributed by atoms with Crippen molar-refractivity contribution >= 4 is 11.8 Å². The number of halogens is 1. The molecule has 0 spiro atoms. The number of allylic oxidation sites excluding steroid dienone is 3. The highest BCUT2D eigenvalue weighted by molar-refractivity contribution is 6.04. The van der Waals surface area contributed by atoms with Gasteiger partial charge in [-0.1, -0.05) is 42.5 Å². The van der Waals surface area contributed by atoms with Crippen LogP contribution in [0.4, 0.5) is 4.39 Å². The molecule has 0 bridgehead atoms. The van der Waals surface area contributed by atoms with Crippen molar-refractivity contribution in [1.82, 2.24) is 5.32 Å².